The summed E-state index contributed by atoms with van der Waals surface area (Å²) in [4.78, 5) is 12.2. The standard InChI is InChI=1S/C20H22ClN5O3S2/c1-14-4-10-17(11-5-14)26(31(3,28)29)12-18-23-24-20(25(18)2)30-13-19(27)22-16-8-6-15(21)7-9-16/h4-11H,12-13H2,1-3H3,(H,22,27). The van der Waals surface area contributed by atoms with E-state index in [-0.39, 0.29) is 18.2 Å². The van der Waals surface area contributed by atoms with Gasteiger partial charge in [-0.05, 0) is 43.3 Å². The number of nitrogens with one attached hydrogen (secondary N) is 1. The van der Waals surface area contributed by atoms with E-state index in [0.29, 0.717) is 27.4 Å². The number of halogens is 1. The molecule has 0 spiro atoms. The van der Waals surface area contributed by atoms with Crippen molar-refractivity contribution < 1.29 is 13.2 Å². The van der Waals surface area contributed by atoms with Crippen molar-refractivity contribution in [3.8, 4) is 0 Å². The number of amides is 1. The number of sulfonamides is 1. The van der Waals surface area contributed by atoms with E-state index in [4.69, 9.17) is 11.6 Å². The third-order valence-corrected chi connectivity index (χ3v) is 6.81. The van der Waals surface area contributed by atoms with E-state index in [0.717, 1.165) is 11.8 Å². The summed E-state index contributed by atoms with van der Waals surface area (Å²) in [7, 11) is -1.79. The monoisotopic (exact) mass is 479 g/mol. The minimum Gasteiger partial charge on any atom is -0.325 e. The highest BCUT2D eigenvalue weighted by atomic mass is 35.5. The Morgan fingerprint density at radius 2 is 1.77 bits per heavy atom. The molecular weight excluding hydrogens is 458 g/mol. The van der Waals surface area contributed by atoms with Crippen LogP contribution < -0.4 is 9.62 Å². The Bertz CT molecular complexity index is 1160. The van der Waals surface area contributed by atoms with E-state index >= 15 is 0 Å². The summed E-state index contributed by atoms with van der Waals surface area (Å²) in [5, 5.41) is 12.1. The normalized spacial score (nSPS) is 11.4. The van der Waals surface area contributed by atoms with Crippen LogP contribution in [0.4, 0.5) is 11.4 Å². The fourth-order valence-corrected chi connectivity index (χ4v) is 4.42. The van der Waals surface area contributed by atoms with Crippen LogP contribution in [-0.2, 0) is 28.4 Å². The molecule has 1 N–H and O–H groups in total. The molecular formula is C20H22ClN5O3S2. The molecule has 1 amide bonds. The number of rotatable bonds is 8. The molecule has 0 aliphatic heterocycles. The predicted molar refractivity (Wildman–Crippen MR) is 124 cm³/mol. The van der Waals surface area contributed by atoms with Crippen LogP contribution in [0.25, 0.3) is 0 Å². The molecule has 31 heavy (non-hydrogen) atoms. The predicted octanol–water partition coefficient (Wildman–Crippen LogP) is 3.47. The van der Waals surface area contributed by atoms with E-state index in [1.54, 1.807) is 48.0 Å². The van der Waals surface area contributed by atoms with Gasteiger partial charge in [-0.3, -0.25) is 9.10 Å². The summed E-state index contributed by atoms with van der Waals surface area (Å²) in [5.41, 5.74) is 2.23. The van der Waals surface area contributed by atoms with Crippen molar-refractivity contribution in [3.63, 3.8) is 0 Å². The van der Waals surface area contributed by atoms with Gasteiger partial charge in [0.05, 0.1) is 24.2 Å². The third kappa shape index (κ3) is 6.22. The van der Waals surface area contributed by atoms with E-state index in [1.807, 2.05) is 19.1 Å². The minimum absolute atomic E-state index is 0.0307. The zero-order valence-corrected chi connectivity index (χ0v) is 19.6. The van der Waals surface area contributed by atoms with Crippen molar-refractivity contribution in [2.75, 3.05) is 21.6 Å². The van der Waals surface area contributed by atoms with E-state index in [9.17, 15) is 13.2 Å². The van der Waals surface area contributed by atoms with Gasteiger partial charge in [0.15, 0.2) is 11.0 Å². The van der Waals surface area contributed by atoms with Gasteiger partial charge in [-0.2, -0.15) is 0 Å². The molecule has 0 fully saturated rings. The summed E-state index contributed by atoms with van der Waals surface area (Å²) < 4.78 is 27.7. The summed E-state index contributed by atoms with van der Waals surface area (Å²) in [5.74, 6) is 0.392. The quantitative estimate of drug-likeness (QED) is 0.497. The Morgan fingerprint density at radius 1 is 1.13 bits per heavy atom. The number of carbonyl (C=O) groups is 1. The molecule has 0 aliphatic carbocycles. The Hall–Kier alpha value is -2.56. The molecule has 0 bridgehead atoms. The average molecular weight is 480 g/mol. The summed E-state index contributed by atoms with van der Waals surface area (Å²) in [6.07, 6.45) is 1.15. The van der Waals surface area contributed by atoms with Gasteiger partial charge in [-0.1, -0.05) is 41.1 Å². The Kier molecular flexibility index (Phi) is 7.24. The maximum absolute atomic E-state index is 12.4. The highest BCUT2D eigenvalue weighted by Gasteiger charge is 2.21. The number of hydrogen-bond acceptors (Lipinski definition) is 6. The lowest BCUT2D eigenvalue weighted by molar-refractivity contribution is -0.113. The molecule has 1 heterocycles. The highest BCUT2D eigenvalue weighted by Crippen LogP contribution is 2.23. The minimum atomic E-state index is -3.53. The molecule has 164 valence electrons. The number of hydrogen-bond donors (Lipinski definition) is 1. The van der Waals surface area contributed by atoms with Gasteiger partial charge in [0.2, 0.25) is 15.9 Å². The summed E-state index contributed by atoms with van der Waals surface area (Å²) in [6.45, 7) is 1.97. The zero-order valence-electron chi connectivity index (χ0n) is 17.2. The second kappa shape index (κ2) is 9.71. The lowest BCUT2D eigenvalue weighted by Crippen LogP contribution is -2.30. The molecule has 0 saturated heterocycles. The molecule has 0 saturated carbocycles. The van der Waals surface area contributed by atoms with E-state index in [1.165, 1.54) is 16.1 Å². The van der Waals surface area contributed by atoms with Crippen molar-refractivity contribution in [1.82, 2.24) is 14.8 Å². The largest absolute Gasteiger partial charge is 0.325 e. The SMILES string of the molecule is Cc1ccc(N(Cc2nnc(SCC(=O)Nc3ccc(Cl)cc3)n2C)S(C)(=O)=O)cc1. The molecule has 2 aromatic carbocycles. The van der Waals surface area contributed by atoms with Crippen LogP contribution in [0.2, 0.25) is 5.02 Å². The van der Waals surface area contributed by atoms with Gasteiger partial charge in [0.25, 0.3) is 0 Å². The summed E-state index contributed by atoms with van der Waals surface area (Å²) in [6, 6.07) is 14.0. The van der Waals surface area contributed by atoms with Crippen LogP contribution in [0.5, 0.6) is 0 Å². The van der Waals surface area contributed by atoms with E-state index in [2.05, 4.69) is 15.5 Å². The van der Waals surface area contributed by atoms with Crippen molar-refractivity contribution in [3.05, 3.63) is 64.9 Å². The molecule has 11 heteroatoms. The van der Waals surface area contributed by atoms with Gasteiger partial charge in [0, 0.05) is 17.8 Å². The van der Waals surface area contributed by atoms with Gasteiger partial charge >= 0.3 is 0 Å². The van der Waals surface area contributed by atoms with Crippen LogP contribution in [0, 0.1) is 6.92 Å². The molecule has 0 unspecified atom stereocenters. The van der Waals surface area contributed by atoms with Crippen molar-refractivity contribution in [1.29, 1.82) is 0 Å². The molecule has 0 aliphatic rings. The Balaban J connectivity index is 1.67. The molecule has 3 aromatic rings. The Morgan fingerprint density at radius 3 is 2.39 bits per heavy atom. The first-order valence-corrected chi connectivity index (χ1v) is 12.5. The third-order valence-electron chi connectivity index (χ3n) is 4.39. The topological polar surface area (TPSA) is 97.2 Å². The number of benzene rings is 2. The van der Waals surface area contributed by atoms with Gasteiger partial charge in [0.1, 0.15) is 0 Å². The van der Waals surface area contributed by atoms with Crippen molar-refractivity contribution >= 4 is 50.7 Å². The van der Waals surface area contributed by atoms with Crippen LogP contribution in [0.3, 0.4) is 0 Å². The fourth-order valence-electron chi connectivity index (χ4n) is 2.71. The number of aryl methyl sites for hydroxylation is 1. The first kappa shape index (κ1) is 23.1. The lowest BCUT2D eigenvalue weighted by atomic mass is 10.2. The second-order valence-electron chi connectivity index (χ2n) is 6.91. The number of nitrogens with zero attached hydrogens (tertiary/aromatic N) is 4. The summed E-state index contributed by atoms with van der Waals surface area (Å²) >= 11 is 7.06. The molecule has 0 radical (unpaired) electrons. The zero-order chi connectivity index (χ0) is 22.6. The number of anilines is 2. The number of thioether (sulfide) groups is 1. The van der Waals surface area contributed by atoms with Gasteiger partial charge in [-0.25, -0.2) is 8.42 Å². The molecule has 0 atom stereocenters. The lowest BCUT2D eigenvalue weighted by Gasteiger charge is -2.22. The first-order valence-electron chi connectivity index (χ1n) is 9.24. The van der Waals surface area contributed by atoms with Crippen molar-refractivity contribution in [2.45, 2.75) is 18.6 Å². The first-order chi connectivity index (χ1) is 14.6. The molecule has 1 aromatic heterocycles. The van der Waals surface area contributed by atoms with Gasteiger partial charge < -0.3 is 9.88 Å². The average Bonchev–Trinajstić information content (AvgIpc) is 3.06. The Labute approximate surface area is 190 Å². The smallest absolute Gasteiger partial charge is 0.234 e. The fraction of sp³-hybridized carbons (Fsp3) is 0.250. The number of aromatic nitrogens is 3. The van der Waals surface area contributed by atoms with E-state index < -0.39 is 10.0 Å². The number of carbonyl (C=O) groups excluding carboxylic acids is 1. The second-order valence-corrected chi connectivity index (χ2v) is 10.2. The van der Waals surface area contributed by atoms with Crippen LogP contribution in [0.1, 0.15) is 11.4 Å². The maximum atomic E-state index is 12.4. The molecule has 3 rings (SSSR count). The van der Waals surface area contributed by atoms with Crippen LogP contribution in [0.15, 0.2) is 53.7 Å². The van der Waals surface area contributed by atoms with Crippen LogP contribution >= 0.6 is 23.4 Å². The maximum Gasteiger partial charge on any atom is 0.234 e. The van der Waals surface area contributed by atoms with Crippen LogP contribution in [-0.4, -0.2) is 41.1 Å². The molecule has 8 nitrogen and oxygen atoms in total. The highest BCUT2D eigenvalue weighted by molar-refractivity contribution is 7.99. The van der Waals surface area contributed by atoms with Gasteiger partial charge in [-0.15, -0.1) is 10.2 Å². The van der Waals surface area contributed by atoms with Crippen molar-refractivity contribution in [2.24, 2.45) is 7.05 Å².